The minimum atomic E-state index is -0.775. The third-order valence-corrected chi connectivity index (χ3v) is 2.86. The average molecular weight is 251 g/mol. The second-order valence-corrected chi connectivity index (χ2v) is 4.80. The monoisotopic (exact) mass is 251 g/mol. The third kappa shape index (κ3) is 4.49. The zero-order chi connectivity index (χ0) is 13.6. The first-order valence-electron chi connectivity index (χ1n) is 5.96. The molecule has 1 atom stereocenters. The maximum atomic E-state index is 10.0. The molecule has 0 aliphatic rings. The second-order valence-electron chi connectivity index (χ2n) is 4.80. The van der Waals surface area contributed by atoms with Crippen LogP contribution >= 0.6 is 0 Å². The summed E-state index contributed by atoms with van der Waals surface area (Å²) in [4.78, 5) is 0. The van der Waals surface area contributed by atoms with E-state index >= 15 is 0 Å². The van der Waals surface area contributed by atoms with Gasteiger partial charge in [-0.05, 0) is 18.6 Å². The highest BCUT2D eigenvalue weighted by Crippen LogP contribution is 2.09. The normalized spacial score (nSPS) is 14.2. The van der Waals surface area contributed by atoms with E-state index in [1.165, 1.54) is 0 Å². The van der Waals surface area contributed by atoms with Gasteiger partial charge in [0.25, 0.3) is 0 Å². The van der Waals surface area contributed by atoms with E-state index in [4.69, 9.17) is 10.00 Å². The first-order chi connectivity index (χ1) is 8.48. The number of aliphatic hydroxyl groups is 1. The van der Waals surface area contributed by atoms with Gasteiger partial charge in [-0.3, -0.25) is 0 Å². The molecule has 0 aliphatic carbocycles. The van der Waals surface area contributed by atoms with E-state index < -0.39 is 5.60 Å². The SMILES string of the molecule is COCCC(C)(O)CNCc1cc(C#N)n(C)c1. The van der Waals surface area contributed by atoms with Gasteiger partial charge in [-0.1, -0.05) is 0 Å². The van der Waals surface area contributed by atoms with Crippen molar-refractivity contribution in [2.75, 3.05) is 20.3 Å². The van der Waals surface area contributed by atoms with Gasteiger partial charge in [0.05, 0.1) is 5.60 Å². The summed E-state index contributed by atoms with van der Waals surface area (Å²) in [5.41, 5.74) is 0.901. The highest BCUT2D eigenvalue weighted by Gasteiger charge is 2.19. The molecule has 0 amide bonds. The number of aryl methyl sites for hydroxylation is 1. The summed E-state index contributed by atoms with van der Waals surface area (Å²) in [6.45, 7) is 3.45. The van der Waals surface area contributed by atoms with Crippen LogP contribution in [0.2, 0.25) is 0 Å². The standard InChI is InChI=1S/C13H21N3O2/c1-13(17,4-5-18-3)10-15-8-11-6-12(7-14)16(2)9-11/h6,9,15,17H,4-5,8,10H2,1-3H3. The Labute approximate surface area is 108 Å². The van der Waals surface area contributed by atoms with Crippen LogP contribution in [-0.4, -0.2) is 35.5 Å². The number of ether oxygens (including phenoxy) is 1. The van der Waals surface area contributed by atoms with Crippen molar-refractivity contribution in [1.82, 2.24) is 9.88 Å². The zero-order valence-electron chi connectivity index (χ0n) is 11.2. The van der Waals surface area contributed by atoms with Gasteiger partial charge in [0.15, 0.2) is 0 Å². The van der Waals surface area contributed by atoms with Gasteiger partial charge < -0.3 is 19.7 Å². The van der Waals surface area contributed by atoms with Gasteiger partial charge in [-0.25, -0.2) is 0 Å². The molecule has 18 heavy (non-hydrogen) atoms. The number of aromatic nitrogens is 1. The Balaban J connectivity index is 2.39. The average Bonchev–Trinajstić information content (AvgIpc) is 2.67. The lowest BCUT2D eigenvalue weighted by atomic mass is 10.0. The number of hydrogen-bond acceptors (Lipinski definition) is 4. The van der Waals surface area contributed by atoms with Crippen molar-refractivity contribution in [3.05, 3.63) is 23.5 Å². The molecule has 1 rings (SSSR count). The van der Waals surface area contributed by atoms with Crippen molar-refractivity contribution in [2.45, 2.75) is 25.5 Å². The van der Waals surface area contributed by atoms with Crippen LogP contribution in [-0.2, 0) is 18.3 Å². The Morgan fingerprint density at radius 3 is 2.89 bits per heavy atom. The number of methoxy groups -OCH3 is 1. The summed E-state index contributed by atoms with van der Waals surface area (Å²) in [5, 5.41) is 22.1. The predicted molar refractivity (Wildman–Crippen MR) is 69.0 cm³/mol. The summed E-state index contributed by atoms with van der Waals surface area (Å²) < 4.78 is 6.74. The van der Waals surface area contributed by atoms with E-state index in [0.717, 1.165) is 5.56 Å². The molecular formula is C13H21N3O2. The van der Waals surface area contributed by atoms with Crippen LogP contribution in [0.25, 0.3) is 0 Å². The topological polar surface area (TPSA) is 70.2 Å². The lowest BCUT2D eigenvalue weighted by Gasteiger charge is -2.23. The molecule has 0 fully saturated rings. The fraction of sp³-hybridized carbons (Fsp3) is 0.615. The van der Waals surface area contributed by atoms with Crippen LogP contribution in [0.4, 0.5) is 0 Å². The van der Waals surface area contributed by atoms with E-state index in [0.29, 0.717) is 31.8 Å². The molecular weight excluding hydrogens is 230 g/mol. The molecule has 5 heteroatoms. The fourth-order valence-electron chi connectivity index (χ4n) is 1.73. The van der Waals surface area contributed by atoms with E-state index in [2.05, 4.69) is 11.4 Å². The van der Waals surface area contributed by atoms with E-state index in [1.54, 1.807) is 18.6 Å². The highest BCUT2D eigenvalue weighted by molar-refractivity contribution is 5.28. The van der Waals surface area contributed by atoms with Crippen molar-refractivity contribution >= 4 is 0 Å². The lowest BCUT2D eigenvalue weighted by molar-refractivity contribution is 0.0247. The molecule has 1 aromatic rings. The minimum absolute atomic E-state index is 0.493. The number of rotatable bonds is 7. The van der Waals surface area contributed by atoms with Crippen LogP contribution in [0.5, 0.6) is 0 Å². The quantitative estimate of drug-likeness (QED) is 0.751. The molecule has 2 N–H and O–H groups in total. The highest BCUT2D eigenvalue weighted by atomic mass is 16.5. The summed E-state index contributed by atoms with van der Waals surface area (Å²) in [6.07, 6.45) is 2.50. The fourth-order valence-corrected chi connectivity index (χ4v) is 1.73. The Kier molecular flexibility index (Phi) is 5.35. The smallest absolute Gasteiger partial charge is 0.120 e. The molecule has 0 aromatic carbocycles. The number of nitrogens with zero attached hydrogens (tertiary/aromatic N) is 2. The van der Waals surface area contributed by atoms with Gasteiger partial charge in [-0.15, -0.1) is 0 Å². The van der Waals surface area contributed by atoms with Gasteiger partial charge in [-0.2, -0.15) is 5.26 Å². The molecule has 1 heterocycles. The van der Waals surface area contributed by atoms with Gasteiger partial charge >= 0.3 is 0 Å². The molecule has 0 radical (unpaired) electrons. The van der Waals surface area contributed by atoms with Crippen LogP contribution < -0.4 is 5.32 Å². The Bertz CT molecular complexity index is 418. The molecule has 0 saturated carbocycles. The molecule has 5 nitrogen and oxygen atoms in total. The first-order valence-corrected chi connectivity index (χ1v) is 5.96. The molecule has 100 valence electrons. The van der Waals surface area contributed by atoms with E-state index in [1.807, 2.05) is 19.3 Å². The Morgan fingerprint density at radius 1 is 1.61 bits per heavy atom. The minimum Gasteiger partial charge on any atom is -0.389 e. The van der Waals surface area contributed by atoms with Crippen molar-refractivity contribution in [3.8, 4) is 6.07 Å². The van der Waals surface area contributed by atoms with E-state index in [9.17, 15) is 5.11 Å². The molecule has 0 spiro atoms. The largest absolute Gasteiger partial charge is 0.389 e. The van der Waals surface area contributed by atoms with Crippen molar-refractivity contribution < 1.29 is 9.84 Å². The first kappa shape index (κ1) is 14.7. The summed E-state index contributed by atoms with van der Waals surface area (Å²) in [7, 11) is 3.47. The van der Waals surface area contributed by atoms with Crippen LogP contribution in [0.3, 0.4) is 0 Å². The number of nitrogens with one attached hydrogen (secondary N) is 1. The maximum absolute atomic E-state index is 10.0. The van der Waals surface area contributed by atoms with Crippen molar-refractivity contribution in [2.24, 2.45) is 7.05 Å². The molecule has 0 aliphatic heterocycles. The zero-order valence-corrected chi connectivity index (χ0v) is 11.2. The van der Waals surface area contributed by atoms with Crippen LogP contribution in [0.1, 0.15) is 24.6 Å². The molecule has 0 saturated heterocycles. The molecule has 1 aromatic heterocycles. The Hall–Kier alpha value is -1.35. The molecule has 0 bridgehead atoms. The lowest BCUT2D eigenvalue weighted by Crippen LogP contribution is -2.38. The van der Waals surface area contributed by atoms with Crippen molar-refractivity contribution in [3.63, 3.8) is 0 Å². The van der Waals surface area contributed by atoms with Crippen LogP contribution in [0.15, 0.2) is 12.3 Å². The third-order valence-electron chi connectivity index (χ3n) is 2.86. The van der Waals surface area contributed by atoms with Gasteiger partial charge in [0, 0.05) is 46.5 Å². The second kappa shape index (κ2) is 6.55. The number of nitriles is 1. The van der Waals surface area contributed by atoms with E-state index in [-0.39, 0.29) is 0 Å². The summed E-state index contributed by atoms with van der Waals surface area (Å²) in [5.74, 6) is 0. The van der Waals surface area contributed by atoms with Crippen LogP contribution in [0, 0.1) is 11.3 Å². The molecule has 1 unspecified atom stereocenters. The maximum Gasteiger partial charge on any atom is 0.120 e. The Morgan fingerprint density at radius 2 is 2.33 bits per heavy atom. The summed E-state index contributed by atoms with van der Waals surface area (Å²) in [6, 6.07) is 3.96. The number of hydrogen-bond donors (Lipinski definition) is 2. The van der Waals surface area contributed by atoms with Gasteiger partial charge in [0.1, 0.15) is 11.8 Å². The predicted octanol–water partition coefficient (Wildman–Crippen LogP) is 0.774. The summed E-state index contributed by atoms with van der Waals surface area (Å²) >= 11 is 0. The van der Waals surface area contributed by atoms with Gasteiger partial charge in [0.2, 0.25) is 0 Å². The van der Waals surface area contributed by atoms with Crippen molar-refractivity contribution in [1.29, 1.82) is 5.26 Å².